The minimum absolute atomic E-state index is 0.363. The molecule has 1 aromatic carbocycles. The molecule has 8 nitrogen and oxygen atoms in total. The number of amides is 1. The van der Waals surface area contributed by atoms with Gasteiger partial charge in [-0.25, -0.2) is 15.2 Å². The number of hydrogen-bond acceptors (Lipinski definition) is 6. The maximum Gasteiger partial charge on any atom is 0.265 e. The van der Waals surface area contributed by atoms with Gasteiger partial charge in [-0.15, -0.1) is 0 Å². The van der Waals surface area contributed by atoms with Crippen LogP contribution >= 0.6 is 0 Å². The molecule has 9 heteroatoms. The number of carbonyl (C=O) groups excluding carboxylic acids is 1. The molecular weight excluding hydrogens is 435 g/mol. The van der Waals surface area contributed by atoms with Gasteiger partial charge in [0.05, 0.1) is 37.3 Å². The topological polar surface area (TPSA) is 89.5 Å². The van der Waals surface area contributed by atoms with Crippen LogP contribution in [-0.2, 0) is 16.1 Å². The molecule has 1 aliphatic carbocycles. The van der Waals surface area contributed by atoms with Crippen molar-refractivity contribution in [2.45, 2.75) is 25.4 Å². The van der Waals surface area contributed by atoms with Crippen LogP contribution in [0.2, 0.25) is 0 Å². The van der Waals surface area contributed by atoms with Gasteiger partial charge < -0.3 is 4.74 Å². The number of ether oxygens (including phenoxy) is 1. The molecule has 5 rings (SSSR count). The summed E-state index contributed by atoms with van der Waals surface area (Å²) in [4.78, 5) is 19.0. The lowest BCUT2D eigenvalue weighted by atomic mass is 10.0. The van der Waals surface area contributed by atoms with Gasteiger partial charge in [-0.1, -0.05) is 12.1 Å². The smallest absolute Gasteiger partial charge is 0.265 e. The van der Waals surface area contributed by atoms with Crippen molar-refractivity contribution in [1.29, 1.82) is 0 Å². The number of hydrogen-bond donors (Lipinski definition) is 1. The summed E-state index contributed by atoms with van der Waals surface area (Å²) in [6, 6.07) is 7.97. The van der Waals surface area contributed by atoms with Crippen LogP contribution in [0.4, 0.5) is 10.1 Å². The largest absolute Gasteiger partial charge is 0.379 e. The first-order chi connectivity index (χ1) is 16.6. The monoisotopic (exact) mass is 462 g/mol. The van der Waals surface area contributed by atoms with Gasteiger partial charge in [-0.3, -0.25) is 19.4 Å². The fraction of sp³-hybridized carbons (Fsp3) is 0.320. The summed E-state index contributed by atoms with van der Waals surface area (Å²) in [7, 11) is 0. The first-order valence-electron chi connectivity index (χ1n) is 11.4. The second-order valence-corrected chi connectivity index (χ2v) is 8.62. The van der Waals surface area contributed by atoms with Crippen LogP contribution in [-0.4, -0.2) is 51.9 Å². The van der Waals surface area contributed by atoms with Crippen molar-refractivity contribution in [3.05, 3.63) is 72.1 Å². The van der Waals surface area contributed by atoms with Crippen molar-refractivity contribution in [2.24, 2.45) is 5.84 Å². The highest BCUT2D eigenvalue weighted by Gasteiger charge is 2.25. The van der Waals surface area contributed by atoms with Crippen LogP contribution in [0.3, 0.4) is 0 Å². The van der Waals surface area contributed by atoms with E-state index in [0.717, 1.165) is 62.5 Å². The molecule has 176 valence electrons. The summed E-state index contributed by atoms with van der Waals surface area (Å²) < 4.78 is 21.9. The van der Waals surface area contributed by atoms with E-state index in [-0.39, 0.29) is 0 Å². The van der Waals surface area contributed by atoms with Crippen molar-refractivity contribution in [3.8, 4) is 11.1 Å². The lowest BCUT2D eigenvalue weighted by molar-refractivity contribution is -0.114. The van der Waals surface area contributed by atoms with Crippen molar-refractivity contribution >= 4 is 17.7 Å². The van der Waals surface area contributed by atoms with Crippen LogP contribution in [0.5, 0.6) is 0 Å². The Morgan fingerprint density at radius 2 is 1.94 bits per heavy atom. The molecule has 2 N–H and O–H groups in total. The van der Waals surface area contributed by atoms with Gasteiger partial charge in [0.25, 0.3) is 5.91 Å². The van der Waals surface area contributed by atoms with E-state index in [0.29, 0.717) is 28.4 Å². The maximum atomic E-state index is 14.7. The van der Waals surface area contributed by atoms with Gasteiger partial charge in [-0.05, 0) is 36.6 Å². The van der Waals surface area contributed by atoms with Gasteiger partial charge in [-0.2, -0.15) is 5.10 Å². The van der Waals surface area contributed by atoms with Crippen LogP contribution in [0.25, 0.3) is 17.2 Å². The minimum atomic E-state index is -0.467. The summed E-state index contributed by atoms with van der Waals surface area (Å²) in [5.74, 6) is 5.17. The van der Waals surface area contributed by atoms with Crippen LogP contribution in [0.1, 0.15) is 30.0 Å². The normalized spacial score (nSPS) is 16.8. The fourth-order valence-corrected chi connectivity index (χ4v) is 4.03. The number of hydrazine groups is 1. The predicted octanol–water partition coefficient (Wildman–Crippen LogP) is 3.17. The quantitative estimate of drug-likeness (QED) is 0.251. The zero-order valence-electron chi connectivity index (χ0n) is 18.8. The Balaban J connectivity index is 1.28. The number of halogens is 1. The highest BCUT2D eigenvalue weighted by atomic mass is 19.1. The Hall–Kier alpha value is -3.40. The molecule has 3 aromatic rings. The third kappa shape index (κ3) is 5.06. The van der Waals surface area contributed by atoms with E-state index in [1.165, 1.54) is 18.3 Å². The molecule has 1 saturated heterocycles. The second kappa shape index (κ2) is 9.84. The minimum Gasteiger partial charge on any atom is -0.379 e. The fourth-order valence-electron chi connectivity index (χ4n) is 4.03. The molecule has 0 radical (unpaired) electrons. The van der Waals surface area contributed by atoms with Gasteiger partial charge in [0.2, 0.25) is 0 Å². The highest BCUT2D eigenvalue weighted by molar-refractivity contribution is 6.03. The number of morpholine rings is 1. The number of pyridine rings is 1. The lowest BCUT2D eigenvalue weighted by Crippen LogP contribution is -2.36. The number of nitrogens with two attached hydrogens (primary N) is 1. The Labute approximate surface area is 197 Å². The molecule has 1 aliphatic heterocycles. The lowest BCUT2D eigenvalue weighted by Gasteiger charge is -2.26. The first kappa shape index (κ1) is 22.4. The van der Waals surface area contributed by atoms with Crippen molar-refractivity contribution in [1.82, 2.24) is 19.7 Å². The summed E-state index contributed by atoms with van der Waals surface area (Å²) in [6.45, 7) is 4.15. The highest BCUT2D eigenvalue weighted by Crippen LogP contribution is 2.36. The van der Waals surface area contributed by atoms with Gasteiger partial charge >= 0.3 is 0 Å². The Morgan fingerprint density at radius 1 is 1.18 bits per heavy atom. The standard InChI is InChI=1S/C25H27FN6O2/c26-23-15-28-13-19(25(23)20-14-29-31(17-20)21-6-7-21)3-8-24(33)32(27)22-4-1-18(2-5-22)16-30-9-11-34-12-10-30/h1-5,8,13-15,17,21H,6-7,9-12,16,27H2/b8-3+. The molecule has 0 spiro atoms. The van der Waals surface area contributed by atoms with E-state index >= 15 is 0 Å². The Bertz CT molecular complexity index is 1180. The van der Waals surface area contributed by atoms with Gasteiger partial charge in [0.1, 0.15) is 5.82 Å². The van der Waals surface area contributed by atoms with Gasteiger partial charge in [0, 0.05) is 54.8 Å². The van der Waals surface area contributed by atoms with E-state index in [9.17, 15) is 9.18 Å². The van der Waals surface area contributed by atoms with Crippen LogP contribution < -0.4 is 10.9 Å². The summed E-state index contributed by atoms with van der Waals surface area (Å²) in [5.41, 5.74) is 3.22. The summed E-state index contributed by atoms with van der Waals surface area (Å²) >= 11 is 0. The third-order valence-electron chi connectivity index (χ3n) is 6.11. The molecule has 2 aliphatic rings. The van der Waals surface area contributed by atoms with E-state index in [1.807, 2.05) is 35.1 Å². The van der Waals surface area contributed by atoms with E-state index in [2.05, 4.69) is 15.0 Å². The number of rotatable bonds is 7. The molecule has 1 saturated carbocycles. The van der Waals surface area contributed by atoms with Crippen LogP contribution in [0.15, 0.2) is 55.1 Å². The van der Waals surface area contributed by atoms with Crippen LogP contribution in [0, 0.1) is 5.82 Å². The zero-order valence-corrected chi connectivity index (χ0v) is 18.8. The number of nitrogens with zero attached hydrogens (tertiary/aromatic N) is 5. The number of carbonyl (C=O) groups is 1. The second-order valence-electron chi connectivity index (χ2n) is 8.62. The van der Waals surface area contributed by atoms with E-state index < -0.39 is 11.7 Å². The van der Waals surface area contributed by atoms with Gasteiger partial charge in [0.15, 0.2) is 0 Å². The molecule has 0 atom stereocenters. The SMILES string of the molecule is NN(C(=O)/C=C/c1cncc(F)c1-c1cnn(C2CC2)c1)c1ccc(CN2CCOCC2)cc1. The number of anilines is 1. The average Bonchev–Trinajstić information content (AvgIpc) is 3.60. The molecule has 0 bridgehead atoms. The molecule has 0 unspecified atom stereocenters. The van der Waals surface area contributed by atoms with E-state index in [4.69, 9.17) is 10.6 Å². The molecule has 2 aromatic heterocycles. The number of benzene rings is 1. The molecule has 2 fully saturated rings. The first-order valence-corrected chi connectivity index (χ1v) is 11.4. The number of aromatic nitrogens is 3. The van der Waals surface area contributed by atoms with Crippen molar-refractivity contribution < 1.29 is 13.9 Å². The average molecular weight is 463 g/mol. The predicted molar refractivity (Wildman–Crippen MR) is 127 cm³/mol. The van der Waals surface area contributed by atoms with Crippen molar-refractivity contribution in [3.63, 3.8) is 0 Å². The Kier molecular flexibility index (Phi) is 6.48. The zero-order chi connectivity index (χ0) is 23.5. The van der Waals surface area contributed by atoms with E-state index in [1.54, 1.807) is 6.20 Å². The third-order valence-corrected chi connectivity index (χ3v) is 6.11. The molecule has 34 heavy (non-hydrogen) atoms. The summed E-state index contributed by atoms with van der Waals surface area (Å²) in [6.07, 6.45) is 11.2. The molecular formula is C25H27FN6O2. The van der Waals surface area contributed by atoms with Crippen molar-refractivity contribution in [2.75, 3.05) is 31.3 Å². The molecule has 1 amide bonds. The molecule has 3 heterocycles. The Morgan fingerprint density at radius 3 is 2.68 bits per heavy atom. The maximum absolute atomic E-state index is 14.7. The summed E-state index contributed by atoms with van der Waals surface area (Å²) in [5, 5.41) is 5.42.